The monoisotopic (exact) mass is 371 g/mol. The average molecular weight is 372 g/mol. The SMILES string of the molecule is Cc1c(C(=O)[O-])sc2nc3n(c(=O)c12)CC/C3=C/c1ccc(Cl)cc1. The molecule has 0 bridgehead atoms. The van der Waals surface area contributed by atoms with Gasteiger partial charge in [0.15, 0.2) is 0 Å². The van der Waals surface area contributed by atoms with Crippen molar-refractivity contribution in [3.63, 3.8) is 0 Å². The molecule has 1 aromatic carbocycles. The third-order valence-electron chi connectivity index (χ3n) is 4.34. The number of aromatic nitrogens is 2. The molecule has 3 heterocycles. The van der Waals surface area contributed by atoms with Crippen molar-refractivity contribution < 1.29 is 9.90 Å². The first kappa shape index (κ1) is 16.1. The van der Waals surface area contributed by atoms with E-state index in [0.29, 0.717) is 39.6 Å². The average Bonchev–Trinajstić information content (AvgIpc) is 3.12. The normalized spacial score (nSPS) is 15.0. The molecule has 2 aromatic heterocycles. The Morgan fingerprint density at radius 3 is 2.76 bits per heavy atom. The van der Waals surface area contributed by atoms with Crippen molar-refractivity contribution in [1.29, 1.82) is 0 Å². The molecule has 0 saturated heterocycles. The highest BCUT2D eigenvalue weighted by Crippen LogP contribution is 2.32. The summed E-state index contributed by atoms with van der Waals surface area (Å²) < 4.78 is 1.61. The number of aromatic carboxylic acids is 1. The summed E-state index contributed by atoms with van der Waals surface area (Å²) in [6, 6.07) is 7.42. The summed E-state index contributed by atoms with van der Waals surface area (Å²) in [4.78, 5) is 29.1. The van der Waals surface area contributed by atoms with Crippen molar-refractivity contribution in [2.45, 2.75) is 19.9 Å². The van der Waals surface area contributed by atoms with Crippen LogP contribution in [0.1, 0.15) is 33.0 Å². The Hall–Kier alpha value is -2.44. The zero-order chi connectivity index (χ0) is 17.7. The molecule has 3 aromatic rings. The maximum absolute atomic E-state index is 12.8. The van der Waals surface area contributed by atoms with E-state index >= 15 is 0 Å². The summed E-state index contributed by atoms with van der Waals surface area (Å²) >= 11 is 6.90. The quantitative estimate of drug-likeness (QED) is 0.694. The molecule has 1 aliphatic rings. The van der Waals surface area contributed by atoms with Gasteiger partial charge in [-0.1, -0.05) is 23.7 Å². The fourth-order valence-electron chi connectivity index (χ4n) is 3.10. The predicted molar refractivity (Wildman–Crippen MR) is 96.9 cm³/mol. The van der Waals surface area contributed by atoms with Gasteiger partial charge in [0.2, 0.25) is 0 Å². The van der Waals surface area contributed by atoms with Crippen LogP contribution in [0.2, 0.25) is 5.02 Å². The van der Waals surface area contributed by atoms with Gasteiger partial charge in [0.05, 0.1) is 16.2 Å². The van der Waals surface area contributed by atoms with Crippen LogP contribution in [-0.4, -0.2) is 15.5 Å². The molecule has 0 aliphatic carbocycles. The van der Waals surface area contributed by atoms with Crippen LogP contribution >= 0.6 is 22.9 Å². The third kappa shape index (κ3) is 2.58. The third-order valence-corrected chi connectivity index (χ3v) is 5.76. The summed E-state index contributed by atoms with van der Waals surface area (Å²) in [6.07, 6.45) is 2.68. The number of benzene rings is 1. The second-order valence-electron chi connectivity index (χ2n) is 5.89. The molecule has 5 nitrogen and oxygen atoms in total. The van der Waals surface area contributed by atoms with Crippen molar-refractivity contribution >= 4 is 50.8 Å². The van der Waals surface area contributed by atoms with Crippen LogP contribution in [0.4, 0.5) is 0 Å². The number of thiophene rings is 1. The number of aryl methyl sites for hydroxylation is 1. The summed E-state index contributed by atoms with van der Waals surface area (Å²) in [7, 11) is 0. The van der Waals surface area contributed by atoms with Crippen molar-refractivity contribution in [2.24, 2.45) is 0 Å². The second kappa shape index (κ2) is 5.82. The zero-order valence-corrected chi connectivity index (χ0v) is 14.8. The number of nitrogens with zero attached hydrogens (tertiary/aromatic N) is 2. The van der Waals surface area contributed by atoms with E-state index in [2.05, 4.69) is 4.98 Å². The van der Waals surface area contributed by atoms with E-state index < -0.39 is 5.97 Å². The number of hydrogen-bond acceptors (Lipinski definition) is 5. The van der Waals surface area contributed by atoms with Crippen LogP contribution in [0.25, 0.3) is 21.9 Å². The van der Waals surface area contributed by atoms with Gasteiger partial charge in [0.1, 0.15) is 10.7 Å². The Kier molecular flexibility index (Phi) is 3.74. The van der Waals surface area contributed by atoms with E-state index in [0.717, 1.165) is 22.5 Å². The van der Waals surface area contributed by atoms with Gasteiger partial charge in [0.25, 0.3) is 5.56 Å². The number of fused-ring (bicyclic) bond motifs is 2. The fourth-order valence-corrected chi connectivity index (χ4v) is 4.24. The lowest BCUT2D eigenvalue weighted by atomic mass is 10.1. The van der Waals surface area contributed by atoms with Gasteiger partial charge < -0.3 is 9.90 Å². The van der Waals surface area contributed by atoms with Gasteiger partial charge in [-0.3, -0.25) is 9.36 Å². The number of carboxylic acid groups (broad SMARTS) is 1. The molecular formula is C18H12ClN2O3S-. The summed E-state index contributed by atoms with van der Waals surface area (Å²) in [5.41, 5.74) is 2.16. The van der Waals surface area contributed by atoms with Crippen LogP contribution in [0.15, 0.2) is 29.1 Å². The molecule has 0 radical (unpaired) electrons. The Morgan fingerprint density at radius 2 is 2.08 bits per heavy atom. The highest BCUT2D eigenvalue weighted by Gasteiger charge is 2.24. The predicted octanol–water partition coefficient (Wildman–Crippen LogP) is 2.73. The molecule has 0 N–H and O–H groups in total. The first-order chi connectivity index (χ1) is 12.0. The van der Waals surface area contributed by atoms with E-state index in [1.165, 1.54) is 0 Å². The lowest BCUT2D eigenvalue weighted by Crippen LogP contribution is -2.23. The van der Waals surface area contributed by atoms with Crippen LogP contribution in [0.3, 0.4) is 0 Å². The van der Waals surface area contributed by atoms with E-state index in [9.17, 15) is 14.7 Å². The molecule has 4 rings (SSSR count). The molecule has 0 atom stereocenters. The van der Waals surface area contributed by atoms with Gasteiger partial charge in [0, 0.05) is 11.6 Å². The van der Waals surface area contributed by atoms with Crippen molar-refractivity contribution in [3.05, 3.63) is 61.5 Å². The van der Waals surface area contributed by atoms with Gasteiger partial charge >= 0.3 is 0 Å². The zero-order valence-electron chi connectivity index (χ0n) is 13.2. The van der Waals surface area contributed by atoms with Gasteiger partial charge in [-0.25, -0.2) is 4.98 Å². The minimum atomic E-state index is -1.28. The molecule has 0 unspecified atom stereocenters. The van der Waals surface area contributed by atoms with Gasteiger partial charge in [-0.2, -0.15) is 0 Å². The number of allylic oxidation sites excluding steroid dienone is 1. The van der Waals surface area contributed by atoms with E-state index in [4.69, 9.17) is 11.6 Å². The Bertz CT molecular complexity index is 1110. The number of rotatable bonds is 2. The Morgan fingerprint density at radius 1 is 1.36 bits per heavy atom. The highest BCUT2D eigenvalue weighted by molar-refractivity contribution is 7.20. The molecule has 7 heteroatoms. The highest BCUT2D eigenvalue weighted by atomic mass is 35.5. The van der Waals surface area contributed by atoms with Crippen LogP contribution in [-0.2, 0) is 6.54 Å². The number of hydrogen-bond donors (Lipinski definition) is 0. The largest absolute Gasteiger partial charge is 0.544 e. The van der Waals surface area contributed by atoms with Crippen molar-refractivity contribution in [2.75, 3.05) is 0 Å². The Balaban J connectivity index is 1.90. The van der Waals surface area contributed by atoms with Crippen LogP contribution < -0.4 is 10.7 Å². The first-order valence-corrected chi connectivity index (χ1v) is 8.87. The van der Waals surface area contributed by atoms with E-state index in [1.807, 2.05) is 18.2 Å². The van der Waals surface area contributed by atoms with E-state index in [-0.39, 0.29) is 10.4 Å². The summed E-state index contributed by atoms with van der Waals surface area (Å²) in [5, 5.41) is 12.3. The first-order valence-electron chi connectivity index (χ1n) is 7.67. The van der Waals surface area contributed by atoms with Crippen LogP contribution in [0.5, 0.6) is 0 Å². The van der Waals surface area contributed by atoms with Crippen molar-refractivity contribution in [3.8, 4) is 0 Å². The maximum Gasteiger partial charge on any atom is 0.262 e. The molecule has 0 fully saturated rings. The molecule has 0 saturated carbocycles. The summed E-state index contributed by atoms with van der Waals surface area (Å²) in [5.74, 6) is -0.680. The molecule has 0 amide bonds. The molecule has 126 valence electrons. The van der Waals surface area contributed by atoms with Gasteiger partial charge in [-0.05, 0) is 48.3 Å². The van der Waals surface area contributed by atoms with Crippen LogP contribution in [0, 0.1) is 6.92 Å². The number of halogens is 1. The molecule has 25 heavy (non-hydrogen) atoms. The topological polar surface area (TPSA) is 75.0 Å². The number of carboxylic acids is 1. The number of carbonyl (C=O) groups excluding carboxylic acids is 1. The maximum atomic E-state index is 12.8. The Labute approximate surface area is 151 Å². The fraction of sp³-hybridized carbons (Fsp3) is 0.167. The second-order valence-corrected chi connectivity index (χ2v) is 7.32. The lowest BCUT2D eigenvalue weighted by molar-refractivity contribution is -0.254. The standard InChI is InChI=1S/C18H13ClN2O3S/c1-9-13-16(25-14(9)18(23)24)20-15-11(6-7-21(15)17(13)22)8-10-2-4-12(19)5-3-10/h2-5,8H,6-7H2,1H3,(H,23,24)/p-1/b11-8-. The molecule has 1 aliphatic heterocycles. The van der Waals surface area contributed by atoms with Crippen molar-refractivity contribution in [1.82, 2.24) is 9.55 Å². The lowest BCUT2D eigenvalue weighted by Gasteiger charge is -2.03. The minimum Gasteiger partial charge on any atom is -0.544 e. The summed E-state index contributed by atoms with van der Waals surface area (Å²) in [6.45, 7) is 2.16. The minimum absolute atomic E-state index is 0.0621. The molecular weight excluding hydrogens is 360 g/mol. The molecule has 0 spiro atoms. The smallest absolute Gasteiger partial charge is 0.262 e. The number of carbonyl (C=O) groups is 1. The van der Waals surface area contributed by atoms with Gasteiger partial charge in [-0.15, -0.1) is 11.3 Å². The van der Waals surface area contributed by atoms with E-state index in [1.54, 1.807) is 23.6 Å².